The third-order valence-corrected chi connectivity index (χ3v) is 7.84. The summed E-state index contributed by atoms with van der Waals surface area (Å²) >= 11 is 5.94. The minimum Gasteiger partial charge on any atom is -0.304 e. The first-order valence-electron chi connectivity index (χ1n) is 11.6. The van der Waals surface area contributed by atoms with Gasteiger partial charge in [-0.1, -0.05) is 51.4 Å². The molecule has 3 aliphatic rings. The van der Waals surface area contributed by atoms with Crippen LogP contribution in [0.2, 0.25) is 0 Å². The number of piperazine rings is 1. The third kappa shape index (κ3) is 4.59. The molecule has 1 atom stereocenters. The van der Waals surface area contributed by atoms with Crippen molar-refractivity contribution in [3.8, 4) is 0 Å². The normalized spacial score (nSPS) is 27.4. The Hall–Kier alpha value is -1.51. The third-order valence-electron chi connectivity index (χ3n) is 7.14. The summed E-state index contributed by atoms with van der Waals surface area (Å²) in [5.41, 5.74) is -0.604. The number of halogens is 3. The number of nitrogens with zero attached hydrogens (tertiary/aromatic N) is 4. The first kappa shape index (κ1) is 23.6. The van der Waals surface area contributed by atoms with Crippen LogP contribution in [0.25, 0.3) is 0 Å². The molecular formula is C24H33F3N4S. The van der Waals surface area contributed by atoms with Gasteiger partial charge in [0.1, 0.15) is 5.84 Å². The summed E-state index contributed by atoms with van der Waals surface area (Å²) in [6, 6.07) is 5.68. The fourth-order valence-corrected chi connectivity index (χ4v) is 5.56. The van der Waals surface area contributed by atoms with Gasteiger partial charge in [-0.05, 0) is 38.1 Å². The Bertz CT molecular complexity index is 868. The number of likely N-dealkylation sites (N-methyl/N-ethyl adjacent to an activating group) is 1. The molecule has 2 saturated heterocycles. The molecule has 1 aliphatic carbocycles. The Morgan fingerprint density at radius 2 is 1.69 bits per heavy atom. The summed E-state index contributed by atoms with van der Waals surface area (Å²) in [7, 11) is 2.12. The fraction of sp³-hybridized carbons (Fsp3) is 0.667. The first-order valence-corrected chi connectivity index (χ1v) is 12.0. The van der Waals surface area contributed by atoms with Gasteiger partial charge in [-0.3, -0.25) is 14.8 Å². The van der Waals surface area contributed by atoms with Gasteiger partial charge in [-0.25, -0.2) is 0 Å². The highest BCUT2D eigenvalue weighted by atomic mass is 32.1. The van der Waals surface area contributed by atoms with Crippen LogP contribution >= 0.6 is 12.2 Å². The standard InChI is InChI=1S/C24H33F3N4S/c1-23(2)20(30-14-12-29(3)13-15-30)21(28-18-9-5-4-6-10-18)31(22(23)32)19-11-7-8-17(16-19)24(25,26)27/h7-8,11,16,18,20H,4-6,9-10,12-15H2,1-3H3/t20-/m0/s1. The number of benzene rings is 1. The smallest absolute Gasteiger partial charge is 0.304 e. The van der Waals surface area contributed by atoms with E-state index in [-0.39, 0.29) is 12.1 Å². The highest BCUT2D eigenvalue weighted by Gasteiger charge is 2.52. The summed E-state index contributed by atoms with van der Waals surface area (Å²) in [6.07, 6.45) is 1.19. The second-order valence-corrected chi connectivity index (χ2v) is 10.3. The number of amidine groups is 1. The van der Waals surface area contributed by atoms with Gasteiger partial charge in [-0.2, -0.15) is 13.2 Å². The number of hydrogen-bond acceptors (Lipinski definition) is 4. The topological polar surface area (TPSA) is 22.1 Å². The maximum absolute atomic E-state index is 13.5. The Balaban J connectivity index is 1.78. The second kappa shape index (κ2) is 9.03. The maximum Gasteiger partial charge on any atom is 0.416 e. The molecule has 8 heteroatoms. The quantitative estimate of drug-likeness (QED) is 0.569. The van der Waals surface area contributed by atoms with Gasteiger partial charge in [0.05, 0.1) is 22.6 Å². The van der Waals surface area contributed by atoms with E-state index in [2.05, 4.69) is 30.7 Å². The first-order chi connectivity index (χ1) is 15.1. The Morgan fingerprint density at radius 1 is 1.03 bits per heavy atom. The van der Waals surface area contributed by atoms with Crippen molar-refractivity contribution < 1.29 is 13.2 Å². The van der Waals surface area contributed by atoms with Crippen molar-refractivity contribution in [2.24, 2.45) is 10.4 Å². The van der Waals surface area contributed by atoms with E-state index < -0.39 is 17.2 Å². The maximum atomic E-state index is 13.5. The average Bonchev–Trinajstić information content (AvgIpc) is 2.94. The zero-order valence-corrected chi connectivity index (χ0v) is 20.0. The van der Waals surface area contributed by atoms with E-state index in [4.69, 9.17) is 17.2 Å². The van der Waals surface area contributed by atoms with Crippen LogP contribution in [0.15, 0.2) is 29.3 Å². The van der Waals surface area contributed by atoms with Crippen LogP contribution in [0.3, 0.4) is 0 Å². The van der Waals surface area contributed by atoms with Crippen LogP contribution in [0.1, 0.15) is 51.5 Å². The molecule has 32 heavy (non-hydrogen) atoms. The van der Waals surface area contributed by atoms with E-state index in [0.29, 0.717) is 10.7 Å². The lowest BCUT2D eigenvalue weighted by Gasteiger charge is -2.41. The lowest BCUT2D eigenvalue weighted by atomic mass is 9.85. The number of thiocarbonyl (C=S) groups is 1. The van der Waals surface area contributed by atoms with Crippen molar-refractivity contribution in [3.05, 3.63) is 29.8 Å². The second-order valence-electron chi connectivity index (χ2n) is 9.93. The van der Waals surface area contributed by atoms with Gasteiger partial charge in [0.15, 0.2) is 0 Å². The van der Waals surface area contributed by atoms with Crippen LogP contribution in [0, 0.1) is 5.41 Å². The zero-order chi connectivity index (χ0) is 23.1. The summed E-state index contributed by atoms with van der Waals surface area (Å²) in [5.74, 6) is 0.829. The van der Waals surface area contributed by atoms with Gasteiger partial charge >= 0.3 is 6.18 Å². The average molecular weight is 467 g/mol. The molecule has 0 unspecified atom stereocenters. The number of alkyl halides is 3. The molecule has 4 rings (SSSR count). The van der Waals surface area contributed by atoms with E-state index in [0.717, 1.165) is 63.8 Å². The number of aliphatic imine (C=N–C) groups is 1. The van der Waals surface area contributed by atoms with E-state index in [9.17, 15) is 13.2 Å². The van der Waals surface area contributed by atoms with Gasteiger partial charge < -0.3 is 4.90 Å². The molecule has 176 valence electrons. The molecule has 0 N–H and O–H groups in total. The Kier molecular flexibility index (Phi) is 6.67. The summed E-state index contributed by atoms with van der Waals surface area (Å²) < 4.78 is 40.5. The largest absolute Gasteiger partial charge is 0.416 e. The molecule has 0 bridgehead atoms. The molecule has 0 spiro atoms. The molecule has 1 aromatic carbocycles. The summed E-state index contributed by atoms with van der Waals surface area (Å²) in [4.78, 5) is 12.5. The van der Waals surface area contributed by atoms with Gasteiger partial charge in [0.2, 0.25) is 0 Å². The highest BCUT2D eigenvalue weighted by Crippen LogP contribution is 2.42. The Morgan fingerprint density at radius 3 is 2.31 bits per heavy atom. The minimum absolute atomic E-state index is 0.0415. The summed E-state index contributed by atoms with van der Waals surface area (Å²) in [6.45, 7) is 7.94. The lowest BCUT2D eigenvalue weighted by molar-refractivity contribution is -0.137. The minimum atomic E-state index is -4.40. The lowest BCUT2D eigenvalue weighted by Crippen LogP contribution is -2.55. The van der Waals surface area contributed by atoms with Gasteiger partial charge in [0, 0.05) is 37.3 Å². The molecular weight excluding hydrogens is 433 g/mol. The molecule has 1 aromatic rings. The van der Waals surface area contributed by atoms with Crippen molar-refractivity contribution in [2.45, 2.75) is 64.2 Å². The molecule has 0 radical (unpaired) electrons. The predicted octanol–water partition coefficient (Wildman–Crippen LogP) is 5.23. The molecule has 3 fully saturated rings. The fourth-order valence-electron chi connectivity index (χ4n) is 5.25. The van der Waals surface area contributed by atoms with Crippen LogP contribution in [-0.4, -0.2) is 65.9 Å². The van der Waals surface area contributed by atoms with Crippen molar-refractivity contribution in [1.82, 2.24) is 9.80 Å². The molecule has 4 nitrogen and oxygen atoms in total. The molecule has 2 heterocycles. The monoisotopic (exact) mass is 466 g/mol. The predicted molar refractivity (Wildman–Crippen MR) is 127 cm³/mol. The molecule has 0 aromatic heterocycles. The van der Waals surface area contributed by atoms with Crippen LogP contribution in [0.4, 0.5) is 18.9 Å². The van der Waals surface area contributed by atoms with Crippen LogP contribution in [0.5, 0.6) is 0 Å². The van der Waals surface area contributed by atoms with E-state index >= 15 is 0 Å². The molecule has 2 aliphatic heterocycles. The number of anilines is 1. The van der Waals surface area contributed by atoms with Crippen molar-refractivity contribution >= 4 is 28.7 Å². The SMILES string of the molecule is CN1CCN([C@H]2C(=NC3CCCCC3)N(c3cccc(C(F)(F)F)c3)C(=S)C2(C)C)CC1. The number of rotatable bonds is 3. The Labute approximate surface area is 194 Å². The van der Waals surface area contributed by atoms with Gasteiger partial charge in [0.25, 0.3) is 0 Å². The zero-order valence-electron chi connectivity index (χ0n) is 19.2. The number of hydrogen-bond donors (Lipinski definition) is 0. The van der Waals surface area contributed by atoms with Crippen LogP contribution in [-0.2, 0) is 6.18 Å². The highest BCUT2D eigenvalue weighted by molar-refractivity contribution is 7.80. The van der Waals surface area contributed by atoms with Crippen molar-refractivity contribution in [1.29, 1.82) is 0 Å². The van der Waals surface area contributed by atoms with E-state index in [1.54, 1.807) is 6.07 Å². The van der Waals surface area contributed by atoms with Crippen LogP contribution < -0.4 is 4.90 Å². The molecule has 1 saturated carbocycles. The van der Waals surface area contributed by atoms with E-state index in [1.165, 1.54) is 18.6 Å². The van der Waals surface area contributed by atoms with Crippen molar-refractivity contribution in [3.63, 3.8) is 0 Å². The van der Waals surface area contributed by atoms with Gasteiger partial charge in [-0.15, -0.1) is 0 Å². The summed E-state index contributed by atoms with van der Waals surface area (Å²) in [5, 5.41) is 0. The van der Waals surface area contributed by atoms with Crippen molar-refractivity contribution in [2.75, 3.05) is 38.1 Å². The molecule has 0 amide bonds. The van der Waals surface area contributed by atoms with E-state index in [1.807, 2.05) is 4.90 Å².